The highest BCUT2D eigenvalue weighted by molar-refractivity contribution is 6.30. The molecule has 1 amide bonds. The number of aromatic nitrogens is 3. The number of amides is 1. The van der Waals surface area contributed by atoms with Gasteiger partial charge in [-0.3, -0.25) is 14.5 Å². The van der Waals surface area contributed by atoms with Crippen molar-refractivity contribution in [1.29, 1.82) is 5.26 Å². The van der Waals surface area contributed by atoms with Gasteiger partial charge in [0.15, 0.2) is 0 Å². The van der Waals surface area contributed by atoms with Crippen molar-refractivity contribution in [3.05, 3.63) is 80.4 Å². The fourth-order valence-electron chi connectivity index (χ4n) is 5.25. The number of hydrogen-bond acceptors (Lipinski definition) is 9. The summed E-state index contributed by atoms with van der Waals surface area (Å²) in [5, 5.41) is 9.62. The van der Waals surface area contributed by atoms with E-state index in [0.29, 0.717) is 27.9 Å². The molecule has 1 aromatic carbocycles. The van der Waals surface area contributed by atoms with Gasteiger partial charge in [-0.25, -0.2) is 9.37 Å². The van der Waals surface area contributed by atoms with Crippen molar-refractivity contribution < 1.29 is 13.9 Å². The van der Waals surface area contributed by atoms with Crippen LogP contribution in [0, 0.1) is 17.1 Å². The molecule has 4 heterocycles. The summed E-state index contributed by atoms with van der Waals surface area (Å²) in [6.45, 7) is 4.01. The molecule has 212 valence electrons. The van der Waals surface area contributed by atoms with Crippen LogP contribution < -0.4 is 25.0 Å². The van der Waals surface area contributed by atoms with Crippen molar-refractivity contribution in [2.24, 2.45) is 7.05 Å². The van der Waals surface area contributed by atoms with E-state index in [1.165, 1.54) is 41.0 Å². The van der Waals surface area contributed by atoms with Gasteiger partial charge in [-0.15, -0.1) is 0 Å². The van der Waals surface area contributed by atoms with Gasteiger partial charge < -0.3 is 24.0 Å². The zero-order chi connectivity index (χ0) is 29.7. The van der Waals surface area contributed by atoms with Crippen LogP contribution in [0.4, 0.5) is 21.7 Å². The topological polar surface area (TPSA) is 111 Å². The zero-order valence-electron chi connectivity index (χ0n) is 23.4. The summed E-state index contributed by atoms with van der Waals surface area (Å²) < 4.78 is 22.0. The molecule has 0 spiro atoms. The summed E-state index contributed by atoms with van der Waals surface area (Å²) in [5.74, 6) is -0.476. The average Bonchev–Trinajstić information content (AvgIpc) is 3.44. The normalized spacial score (nSPS) is 16.5. The van der Waals surface area contributed by atoms with Crippen LogP contribution in [0.1, 0.15) is 31.1 Å². The molecule has 41 heavy (non-hydrogen) atoms. The van der Waals surface area contributed by atoms with E-state index in [2.05, 4.69) is 9.97 Å². The van der Waals surface area contributed by atoms with Crippen molar-refractivity contribution in [2.75, 3.05) is 42.4 Å². The first-order valence-corrected chi connectivity index (χ1v) is 13.1. The van der Waals surface area contributed by atoms with Gasteiger partial charge >= 0.3 is 0 Å². The van der Waals surface area contributed by atoms with Crippen LogP contribution in [0.2, 0.25) is 5.02 Å². The highest BCUT2D eigenvalue weighted by Gasteiger charge is 2.51. The second-order valence-corrected chi connectivity index (χ2v) is 10.6. The van der Waals surface area contributed by atoms with E-state index >= 15 is 4.39 Å². The molecule has 3 aromatic rings. The maximum Gasteiger partial charge on any atom is 0.277 e. The number of pyridine rings is 1. The molecule has 1 unspecified atom stereocenters. The summed E-state index contributed by atoms with van der Waals surface area (Å²) in [4.78, 5) is 43.1. The summed E-state index contributed by atoms with van der Waals surface area (Å²) in [6, 6.07) is 7.30. The summed E-state index contributed by atoms with van der Waals surface area (Å²) in [7, 11) is 6.67. The van der Waals surface area contributed by atoms with Crippen LogP contribution in [0.3, 0.4) is 0 Å². The Labute approximate surface area is 241 Å². The fourth-order valence-corrected chi connectivity index (χ4v) is 5.50. The fraction of sp³-hybridized carbons (Fsp3) is 0.321. The summed E-state index contributed by atoms with van der Waals surface area (Å²) in [6.07, 6.45) is 2.40. The second-order valence-electron chi connectivity index (χ2n) is 10.2. The number of hydrogen-bond donors (Lipinski definition) is 0. The Morgan fingerprint density at radius 1 is 1.24 bits per heavy atom. The second kappa shape index (κ2) is 10.4. The summed E-state index contributed by atoms with van der Waals surface area (Å²) in [5.41, 5.74) is 1.37. The van der Waals surface area contributed by atoms with Gasteiger partial charge in [-0.2, -0.15) is 10.2 Å². The Balaban J connectivity index is 1.73. The van der Waals surface area contributed by atoms with Gasteiger partial charge in [0.25, 0.3) is 11.5 Å². The molecule has 5 rings (SSSR count). The van der Waals surface area contributed by atoms with Crippen LogP contribution in [0.15, 0.2) is 52.8 Å². The molecule has 11 nitrogen and oxygen atoms in total. The lowest BCUT2D eigenvalue weighted by Crippen LogP contribution is -2.44. The number of nitrogens with zero attached hydrogens (tertiary/aromatic N) is 8. The minimum absolute atomic E-state index is 0.0760. The Morgan fingerprint density at radius 3 is 2.59 bits per heavy atom. The SMILES string of the molecule is COc1nc(N(C)C)ncc1C1N(c2ccc(C#N)c(F)c2)C2=C(CN(c3cc(Cl)cn(C)c3=O)C2=O)N1C(C)C. The van der Waals surface area contributed by atoms with Crippen LogP contribution in [-0.4, -0.2) is 59.1 Å². The molecule has 2 aliphatic heterocycles. The Bertz CT molecular complexity index is 1700. The third-order valence-corrected chi connectivity index (χ3v) is 7.26. The Morgan fingerprint density at radius 2 is 1.98 bits per heavy atom. The van der Waals surface area contributed by atoms with E-state index in [1.807, 2.05) is 24.8 Å². The van der Waals surface area contributed by atoms with Crippen molar-refractivity contribution in [1.82, 2.24) is 19.4 Å². The van der Waals surface area contributed by atoms with E-state index in [9.17, 15) is 14.9 Å². The van der Waals surface area contributed by atoms with Crippen molar-refractivity contribution in [3.8, 4) is 11.9 Å². The van der Waals surface area contributed by atoms with Crippen molar-refractivity contribution in [3.63, 3.8) is 0 Å². The van der Waals surface area contributed by atoms with Gasteiger partial charge in [-0.1, -0.05) is 11.6 Å². The number of carbonyl (C=O) groups is 1. The predicted molar refractivity (Wildman–Crippen MR) is 152 cm³/mol. The number of halogens is 2. The van der Waals surface area contributed by atoms with Gasteiger partial charge in [0.05, 0.1) is 35.5 Å². The predicted octanol–water partition coefficient (Wildman–Crippen LogP) is 3.40. The number of benzene rings is 1. The quantitative estimate of drug-likeness (QED) is 0.434. The smallest absolute Gasteiger partial charge is 0.277 e. The highest BCUT2D eigenvalue weighted by atomic mass is 35.5. The third kappa shape index (κ3) is 4.52. The monoisotopic (exact) mass is 578 g/mol. The summed E-state index contributed by atoms with van der Waals surface area (Å²) >= 11 is 6.26. The molecule has 0 bridgehead atoms. The zero-order valence-corrected chi connectivity index (χ0v) is 24.1. The standard InChI is InChI=1S/C28H28ClFN8O3/c1-15(2)37-22-14-36(21-9-17(29)13-35(5)26(21)39)27(40)23(22)38(18-8-7-16(11-31)20(30)10-18)25(37)19-12-32-28(34(3)4)33-24(19)41-6/h7-10,12-13,15,25H,14H2,1-6H3. The Kier molecular flexibility index (Phi) is 7.08. The van der Waals surface area contributed by atoms with E-state index in [1.54, 1.807) is 43.2 Å². The first-order valence-electron chi connectivity index (χ1n) is 12.7. The molecular formula is C28H28ClFN8O3. The van der Waals surface area contributed by atoms with Crippen molar-refractivity contribution in [2.45, 2.75) is 26.1 Å². The van der Waals surface area contributed by atoms with Gasteiger partial charge in [0.1, 0.15) is 29.4 Å². The maximum atomic E-state index is 15.0. The van der Waals surface area contributed by atoms with Crippen LogP contribution in [0.25, 0.3) is 0 Å². The highest BCUT2D eigenvalue weighted by Crippen LogP contribution is 2.49. The minimum Gasteiger partial charge on any atom is -0.481 e. The minimum atomic E-state index is -0.730. The lowest BCUT2D eigenvalue weighted by Gasteiger charge is -2.39. The first kappa shape index (κ1) is 27.9. The number of methoxy groups -OCH3 is 1. The number of aryl methyl sites for hydroxylation is 1. The van der Waals surface area contributed by atoms with Crippen molar-refractivity contribution >= 4 is 34.8 Å². The lowest BCUT2D eigenvalue weighted by molar-refractivity contribution is -0.114. The molecule has 0 radical (unpaired) electrons. The van der Waals surface area contributed by atoms with Crippen LogP contribution in [-0.2, 0) is 11.8 Å². The largest absolute Gasteiger partial charge is 0.481 e. The lowest BCUT2D eigenvalue weighted by atomic mass is 10.1. The van der Waals surface area contributed by atoms with Crippen LogP contribution >= 0.6 is 11.6 Å². The maximum absolute atomic E-state index is 15.0. The van der Waals surface area contributed by atoms with Gasteiger partial charge in [0.2, 0.25) is 11.8 Å². The molecule has 0 saturated carbocycles. The molecule has 2 aliphatic rings. The molecule has 0 fully saturated rings. The number of ether oxygens (including phenoxy) is 1. The number of rotatable bonds is 6. The number of carbonyl (C=O) groups excluding carboxylic acids is 1. The number of anilines is 3. The van der Waals surface area contributed by atoms with E-state index in [-0.39, 0.29) is 41.0 Å². The molecule has 1 atom stereocenters. The molecular weight excluding hydrogens is 551 g/mol. The molecule has 13 heteroatoms. The molecule has 0 aliphatic carbocycles. The van der Waals surface area contributed by atoms with Crippen LogP contribution in [0.5, 0.6) is 5.88 Å². The third-order valence-electron chi connectivity index (χ3n) is 7.06. The van der Waals surface area contributed by atoms with E-state index in [0.717, 1.165) is 0 Å². The molecule has 0 saturated heterocycles. The average molecular weight is 579 g/mol. The molecule has 2 aromatic heterocycles. The van der Waals surface area contributed by atoms with E-state index < -0.39 is 17.9 Å². The Hall–Kier alpha value is -4.63. The van der Waals surface area contributed by atoms with E-state index in [4.69, 9.17) is 16.3 Å². The molecule has 0 N–H and O–H groups in total. The first-order chi connectivity index (χ1) is 19.5. The number of nitriles is 1. The van der Waals surface area contributed by atoms with Gasteiger partial charge in [-0.05, 0) is 38.1 Å². The van der Waals surface area contributed by atoms with Gasteiger partial charge in [0, 0.05) is 45.3 Å².